The Morgan fingerprint density at radius 3 is 2.42 bits per heavy atom. The van der Waals surface area contributed by atoms with E-state index in [0.717, 1.165) is 5.92 Å². The van der Waals surface area contributed by atoms with Crippen molar-refractivity contribution in [3.63, 3.8) is 0 Å². The maximum absolute atomic E-state index is 4.36. The lowest BCUT2D eigenvalue weighted by atomic mass is 9.76. The van der Waals surface area contributed by atoms with Crippen LogP contribution < -0.4 is 0 Å². The molecule has 0 heterocycles. The van der Waals surface area contributed by atoms with Gasteiger partial charge in [-0.25, -0.2) is 12.5 Å². The van der Waals surface area contributed by atoms with Gasteiger partial charge in [0.25, 0.3) is 0 Å². The van der Waals surface area contributed by atoms with Crippen molar-refractivity contribution in [1.82, 2.24) is 0 Å². The van der Waals surface area contributed by atoms with Crippen LogP contribution in [0.5, 0.6) is 0 Å². The molecule has 0 rings (SSSR count). The maximum atomic E-state index is 4.36. The number of thiol groups is 1. The van der Waals surface area contributed by atoms with Crippen molar-refractivity contribution in [2.45, 2.75) is 46.9 Å². The Labute approximate surface area is 83.2 Å². The van der Waals surface area contributed by atoms with Crippen molar-refractivity contribution in [3.05, 3.63) is 11.5 Å². The van der Waals surface area contributed by atoms with Crippen molar-refractivity contribution < 1.29 is 0 Å². The van der Waals surface area contributed by atoms with Crippen molar-refractivity contribution in [3.8, 4) is 0 Å². The van der Waals surface area contributed by atoms with Crippen LogP contribution in [0.25, 0.3) is 0 Å². The predicted octanol–water partition coefficient (Wildman–Crippen LogP) is 3.85. The smallest absolute Gasteiger partial charge is 0.221 e. The fourth-order valence-electron chi connectivity index (χ4n) is 1.19. The van der Waals surface area contributed by atoms with Gasteiger partial charge in [0.05, 0.1) is 0 Å². The largest absolute Gasteiger partial charge is 0.227 e. The summed E-state index contributed by atoms with van der Waals surface area (Å²) in [5, 5.41) is 0. The van der Waals surface area contributed by atoms with Gasteiger partial charge in [0.15, 0.2) is 0 Å². The Balaban J connectivity index is 3.83. The minimum absolute atomic E-state index is 0.409. The van der Waals surface area contributed by atoms with Gasteiger partial charge in [-0.15, -0.1) is 5.98 Å². The zero-order valence-corrected chi connectivity index (χ0v) is 9.70. The van der Waals surface area contributed by atoms with Gasteiger partial charge in [-0.1, -0.05) is 33.2 Å². The van der Waals surface area contributed by atoms with Crippen LogP contribution in [-0.2, 0) is 0 Å². The molecule has 0 aliphatic rings. The molecule has 0 aromatic rings. The summed E-state index contributed by atoms with van der Waals surface area (Å²) < 4.78 is 0. The molecule has 0 fully saturated rings. The molecule has 0 aliphatic heterocycles. The number of hydrogen-bond donors (Lipinski definition) is 1. The zero-order chi connectivity index (χ0) is 9.56. The molecule has 0 aromatic heterocycles. The third-order valence-corrected chi connectivity index (χ3v) is 2.12. The lowest BCUT2D eigenvalue weighted by molar-refractivity contribution is 0.580. The van der Waals surface area contributed by atoms with E-state index in [1.54, 1.807) is 5.57 Å². The number of hydrogen-bond acceptors (Lipinski definition) is 1. The average molecular weight is 184 g/mol. The summed E-state index contributed by atoms with van der Waals surface area (Å²) in [7, 11) is 0. The topological polar surface area (TPSA) is 0 Å². The van der Waals surface area contributed by atoms with Crippen LogP contribution in [-0.4, -0.2) is 5.99 Å². The second kappa shape index (κ2) is 6.65. The van der Waals surface area contributed by atoms with E-state index in [4.69, 9.17) is 0 Å². The van der Waals surface area contributed by atoms with E-state index >= 15 is 0 Å². The Morgan fingerprint density at radius 2 is 2.08 bits per heavy atom. The molecule has 12 heavy (non-hydrogen) atoms. The highest BCUT2D eigenvalue weighted by Crippen LogP contribution is 2.15. The van der Waals surface area contributed by atoms with E-state index in [-0.39, 0.29) is 0 Å². The Morgan fingerprint density at radius 1 is 1.50 bits per heavy atom. The molecule has 0 atom stereocenters. The predicted molar refractivity (Wildman–Crippen MR) is 63.1 cm³/mol. The summed E-state index contributed by atoms with van der Waals surface area (Å²) in [6, 6.07) is 0. The van der Waals surface area contributed by atoms with Crippen LogP contribution in [0.4, 0.5) is 0 Å². The summed E-state index contributed by atoms with van der Waals surface area (Å²) in [6.07, 6.45) is 3.73. The third kappa shape index (κ3) is 6.84. The number of rotatable bonds is 5. The van der Waals surface area contributed by atoms with E-state index in [2.05, 4.69) is 46.0 Å². The van der Waals surface area contributed by atoms with E-state index in [0.29, 0.717) is 5.99 Å². The molecule has 0 nitrogen and oxygen atoms in total. The lowest BCUT2D eigenvalue weighted by Gasteiger charge is -2.07. The fourth-order valence-corrected chi connectivity index (χ4v) is 1.40. The molecule has 0 bridgehead atoms. The van der Waals surface area contributed by atoms with Gasteiger partial charge in [0.1, 0.15) is 0 Å². The molecular formula is C10H21BS. The SMILES string of the molecule is CC/C(=C/B(C)S)CCC(C)C. The average Bonchev–Trinajstić information content (AvgIpc) is 1.97. The van der Waals surface area contributed by atoms with E-state index < -0.39 is 0 Å². The Kier molecular flexibility index (Phi) is 6.73. The van der Waals surface area contributed by atoms with Crippen LogP contribution in [0.1, 0.15) is 40.0 Å². The molecule has 0 amide bonds. The molecule has 0 N–H and O–H groups in total. The maximum Gasteiger partial charge on any atom is 0.227 e. The molecule has 0 radical (unpaired) electrons. The highest BCUT2D eigenvalue weighted by molar-refractivity contribution is 8.11. The summed E-state index contributed by atoms with van der Waals surface area (Å²) in [4.78, 5) is 0. The quantitative estimate of drug-likeness (QED) is 0.487. The lowest BCUT2D eigenvalue weighted by Crippen LogP contribution is -1.96. The molecule has 0 saturated carbocycles. The van der Waals surface area contributed by atoms with Gasteiger partial charge < -0.3 is 0 Å². The minimum atomic E-state index is 0.409. The van der Waals surface area contributed by atoms with Gasteiger partial charge in [-0.05, 0) is 25.2 Å². The fraction of sp³-hybridized carbons (Fsp3) is 0.800. The highest BCUT2D eigenvalue weighted by Gasteiger charge is 2.01. The van der Waals surface area contributed by atoms with E-state index in [1.165, 1.54) is 19.3 Å². The van der Waals surface area contributed by atoms with Crippen LogP contribution in [0.15, 0.2) is 11.5 Å². The number of allylic oxidation sites excluding steroid dienone is 1. The van der Waals surface area contributed by atoms with Crippen LogP contribution in [0.3, 0.4) is 0 Å². The second-order valence-electron chi connectivity index (χ2n) is 3.85. The standard InChI is InChI=1S/C10H21BS/c1-5-10(8-11(4)12)7-6-9(2)3/h8-9,12H,5-7H2,1-4H3/b10-8-. The third-order valence-electron chi connectivity index (χ3n) is 1.97. The molecule has 2 heteroatoms. The van der Waals surface area contributed by atoms with Crippen molar-refractivity contribution in [2.75, 3.05) is 0 Å². The van der Waals surface area contributed by atoms with Gasteiger partial charge in [-0.3, -0.25) is 0 Å². The monoisotopic (exact) mass is 184 g/mol. The first-order valence-corrected chi connectivity index (χ1v) is 5.45. The molecular weight excluding hydrogens is 163 g/mol. The van der Waals surface area contributed by atoms with Crippen molar-refractivity contribution in [2.24, 2.45) is 5.92 Å². The first kappa shape index (κ1) is 12.2. The van der Waals surface area contributed by atoms with Crippen LogP contribution >= 0.6 is 12.5 Å². The summed E-state index contributed by atoms with van der Waals surface area (Å²) in [5.41, 5.74) is 1.56. The van der Waals surface area contributed by atoms with E-state index in [1.807, 2.05) is 0 Å². The first-order chi connectivity index (χ1) is 5.56. The molecule has 0 aromatic carbocycles. The summed E-state index contributed by atoms with van der Waals surface area (Å²) >= 11 is 4.36. The van der Waals surface area contributed by atoms with Gasteiger partial charge in [0.2, 0.25) is 5.99 Å². The Hall–Kier alpha value is 0.155. The van der Waals surface area contributed by atoms with Crippen LogP contribution in [0, 0.1) is 5.92 Å². The summed E-state index contributed by atoms with van der Waals surface area (Å²) in [5.74, 6) is 3.51. The zero-order valence-electron chi connectivity index (χ0n) is 8.80. The van der Waals surface area contributed by atoms with Crippen molar-refractivity contribution in [1.29, 1.82) is 0 Å². The molecule has 0 spiro atoms. The highest BCUT2D eigenvalue weighted by atomic mass is 32.1. The first-order valence-electron chi connectivity index (χ1n) is 4.93. The molecule has 0 aliphatic carbocycles. The van der Waals surface area contributed by atoms with Gasteiger partial charge in [0, 0.05) is 0 Å². The van der Waals surface area contributed by atoms with Crippen LogP contribution in [0.2, 0.25) is 6.82 Å². The van der Waals surface area contributed by atoms with Gasteiger partial charge >= 0.3 is 0 Å². The normalized spacial score (nSPS) is 12.3. The molecule has 0 saturated heterocycles. The van der Waals surface area contributed by atoms with Gasteiger partial charge in [-0.2, -0.15) is 0 Å². The minimum Gasteiger partial charge on any atom is -0.221 e. The van der Waals surface area contributed by atoms with Crippen molar-refractivity contribution >= 4 is 18.5 Å². The molecule has 70 valence electrons. The molecule has 0 unspecified atom stereocenters. The summed E-state index contributed by atoms with van der Waals surface area (Å²) in [6.45, 7) is 8.89. The van der Waals surface area contributed by atoms with E-state index in [9.17, 15) is 0 Å². The Bertz CT molecular complexity index is 139. The second-order valence-corrected chi connectivity index (χ2v) is 4.67.